The first-order chi connectivity index (χ1) is 9.83. The van der Waals surface area contributed by atoms with Crippen LogP contribution < -0.4 is 14.8 Å². The fraction of sp³-hybridized carbons (Fsp3) is 0.214. The van der Waals surface area contributed by atoms with Gasteiger partial charge in [-0.2, -0.15) is 4.98 Å². The summed E-state index contributed by atoms with van der Waals surface area (Å²) in [6, 6.07) is 7.56. The van der Waals surface area contributed by atoms with Crippen molar-refractivity contribution in [3.63, 3.8) is 0 Å². The lowest BCUT2D eigenvalue weighted by atomic mass is 10.3. The molecule has 2 aromatic heterocycles. The summed E-state index contributed by atoms with van der Waals surface area (Å²) in [5, 5.41) is 5.15. The van der Waals surface area contributed by atoms with Crippen LogP contribution in [0, 0.1) is 0 Å². The van der Waals surface area contributed by atoms with E-state index in [9.17, 15) is 0 Å². The molecule has 1 aromatic carbocycles. The predicted octanol–water partition coefficient (Wildman–Crippen LogP) is 2.92. The second-order valence-electron chi connectivity index (χ2n) is 4.20. The number of ether oxygens (including phenoxy) is 2. The van der Waals surface area contributed by atoms with Crippen molar-refractivity contribution in [2.45, 2.75) is 6.54 Å². The number of benzene rings is 1. The summed E-state index contributed by atoms with van der Waals surface area (Å²) in [5.41, 5.74) is 0.995. The molecule has 104 valence electrons. The molecular weight excluding hydrogens is 274 g/mol. The maximum atomic E-state index is 5.94. The zero-order valence-corrected chi connectivity index (χ0v) is 12.1. The molecule has 5 nitrogen and oxygen atoms in total. The molecule has 0 aliphatic heterocycles. The van der Waals surface area contributed by atoms with E-state index in [0.717, 1.165) is 10.7 Å². The smallest absolute Gasteiger partial charge is 0.243 e. The summed E-state index contributed by atoms with van der Waals surface area (Å²) in [4.78, 5) is 5.44. The second-order valence-corrected chi connectivity index (χ2v) is 5.08. The van der Waals surface area contributed by atoms with Gasteiger partial charge in [0.05, 0.1) is 7.11 Å². The highest BCUT2D eigenvalue weighted by Crippen LogP contribution is 2.33. The van der Waals surface area contributed by atoms with Gasteiger partial charge in [0.15, 0.2) is 16.5 Å². The lowest BCUT2D eigenvalue weighted by molar-refractivity contribution is 0.373. The van der Waals surface area contributed by atoms with Crippen molar-refractivity contribution in [2.24, 2.45) is 0 Å². The van der Waals surface area contributed by atoms with E-state index in [1.807, 2.05) is 47.3 Å². The van der Waals surface area contributed by atoms with Crippen LogP contribution in [0.15, 0.2) is 35.8 Å². The summed E-state index contributed by atoms with van der Waals surface area (Å²) < 4.78 is 13.3. The molecule has 0 bridgehead atoms. The van der Waals surface area contributed by atoms with E-state index in [1.165, 1.54) is 0 Å². The van der Waals surface area contributed by atoms with Crippen molar-refractivity contribution in [1.29, 1.82) is 0 Å². The molecule has 1 N–H and O–H groups in total. The average molecular weight is 289 g/mol. The number of nitrogens with one attached hydrogen (secondary N) is 1. The van der Waals surface area contributed by atoms with Gasteiger partial charge in [0.2, 0.25) is 5.88 Å². The van der Waals surface area contributed by atoms with Gasteiger partial charge in [0.25, 0.3) is 0 Å². The highest BCUT2D eigenvalue weighted by molar-refractivity contribution is 7.15. The van der Waals surface area contributed by atoms with Crippen LogP contribution in [-0.4, -0.2) is 23.5 Å². The van der Waals surface area contributed by atoms with Crippen molar-refractivity contribution < 1.29 is 9.47 Å². The quantitative estimate of drug-likeness (QED) is 0.784. The number of nitrogens with zero attached hydrogens (tertiary/aromatic N) is 2. The molecule has 0 atom stereocenters. The number of hydrogen-bond donors (Lipinski definition) is 1. The monoisotopic (exact) mass is 289 g/mol. The van der Waals surface area contributed by atoms with Crippen LogP contribution >= 0.6 is 11.3 Å². The Hall–Kier alpha value is -2.05. The maximum Gasteiger partial charge on any atom is 0.243 e. The molecule has 2 heterocycles. The van der Waals surface area contributed by atoms with Crippen LogP contribution in [0.2, 0.25) is 0 Å². The molecule has 0 aliphatic carbocycles. The third-order valence-electron chi connectivity index (χ3n) is 2.94. The first-order valence-corrected chi connectivity index (χ1v) is 7.11. The van der Waals surface area contributed by atoms with Gasteiger partial charge in [-0.1, -0.05) is 12.1 Å². The highest BCUT2D eigenvalue weighted by atomic mass is 32.1. The third-order valence-corrected chi connectivity index (χ3v) is 3.70. The summed E-state index contributed by atoms with van der Waals surface area (Å²) in [7, 11) is 3.53. The van der Waals surface area contributed by atoms with E-state index in [2.05, 4.69) is 10.3 Å². The van der Waals surface area contributed by atoms with E-state index < -0.39 is 0 Å². The summed E-state index contributed by atoms with van der Waals surface area (Å²) in [5.74, 6) is 1.97. The number of rotatable bonds is 5. The van der Waals surface area contributed by atoms with Crippen molar-refractivity contribution in [3.8, 4) is 17.4 Å². The molecule has 0 saturated carbocycles. The minimum absolute atomic E-state index is 0.607. The third kappa shape index (κ3) is 2.23. The molecular formula is C14H15N3O2S. The van der Waals surface area contributed by atoms with Crippen LogP contribution in [0.1, 0.15) is 5.69 Å². The van der Waals surface area contributed by atoms with Gasteiger partial charge in [0.1, 0.15) is 5.69 Å². The molecule has 0 aliphatic rings. The fourth-order valence-electron chi connectivity index (χ4n) is 2.03. The van der Waals surface area contributed by atoms with E-state index in [-0.39, 0.29) is 0 Å². The fourth-order valence-corrected chi connectivity index (χ4v) is 2.75. The Kier molecular flexibility index (Phi) is 3.58. The molecule has 0 spiro atoms. The summed E-state index contributed by atoms with van der Waals surface area (Å²) in [6.45, 7) is 0.683. The number of para-hydroxylation sites is 2. The summed E-state index contributed by atoms with van der Waals surface area (Å²) >= 11 is 1.58. The van der Waals surface area contributed by atoms with Crippen molar-refractivity contribution >= 4 is 16.3 Å². The molecule has 0 saturated heterocycles. The number of aromatic nitrogens is 2. The predicted molar refractivity (Wildman–Crippen MR) is 78.9 cm³/mol. The van der Waals surface area contributed by atoms with Gasteiger partial charge >= 0.3 is 0 Å². The van der Waals surface area contributed by atoms with Gasteiger partial charge in [-0.25, -0.2) is 0 Å². The largest absolute Gasteiger partial charge is 0.493 e. The van der Waals surface area contributed by atoms with Gasteiger partial charge < -0.3 is 14.8 Å². The zero-order chi connectivity index (χ0) is 13.9. The molecule has 0 radical (unpaired) electrons. The molecule has 0 amide bonds. The van der Waals surface area contributed by atoms with E-state index in [4.69, 9.17) is 9.47 Å². The number of thiazole rings is 1. The highest BCUT2D eigenvalue weighted by Gasteiger charge is 2.16. The average Bonchev–Trinajstić information content (AvgIpc) is 3.03. The number of methoxy groups -OCH3 is 1. The first-order valence-electron chi connectivity index (χ1n) is 6.23. The Labute approximate surface area is 120 Å². The molecule has 0 unspecified atom stereocenters. The Bertz CT molecular complexity index is 720. The first kappa shape index (κ1) is 13.0. The minimum atomic E-state index is 0.607. The van der Waals surface area contributed by atoms with Gasteiger partial charge in [-0.15, -0.1) is 11.3 Å². The molecule has 0 fully saturated rings. The Balaban J connectivity index is 2.01. The van der Waals surface area contributed by atoms with E-state index >= 15 is 0 Å². The van der Waals surface area contributed by atoms with Gasteiger partial charge in [-0.3, -0.25) is 4.40 Å². The van der Waals surface area contributed by atoms with Crippen molar-refractivity contribution in [1.82, 2.24) is 14.7 Å². The summed E-state index contributed by atoms with van der Waals surface area (Å²) in [6.07, 6.45) is 1.99. The standard InChI is InChI=1S/C14H15N3O2S/c1-15-9-10-13(16-14-17(10)7-8-20-14)19-12-6-4-3-5-11(12)18-2/h3-8,15H,9H2,1-2H3. The van der Waals surface area contributed by atoms with Crippen molar-refractivity contribution in [2.75, 3.05) is 14.2 Å². The lowest BCUT2D eigenvalue weighted by Crippen LogP contribution is -2.08. The van der Waals surface area contributed by atoms with Crippen LogP contribution in [-0.2, 0) is 6.54 Å². The minimum Gasteiger partial charge on any atom is -0.493 e. The Morgan fingerprint density at radius 1 is 1.30 bits per heavy atom. The van der Waals surface area contributed by atoms with Crippen molar-refractivity contribution in [3.05, 3.63) is 41.5 Å². The Morgan fingerprint density at radius 3 is 2.85 bits per heavy atom. The van der Waals surface area contributed by atoms with Crippen LogP contribution in [0.25, 0.3) is 4.96 Å². The van der Waals surface area contributed by atoms with Crippen LogP contribution in [0.4, 0.5) is 0 Å². The molecule has 6 heteroatoms. The zero-order valence-electron chi connectivity index (χ0n) is 11.3. The van der Waals surface area contributed by atoms with Gasteiger partial charge in [-0.05, 0) is 19.2 Å². The molecule has 3 aromatic rings. The number of fused-ring (bicyclic) bond motifs is 1. The van der Waals surface area contributed by atoms with Gasteiger partial charge in [0, 0.05) is 18.1 Å². The SMILES string of the molecule is CNCc1c(Oc2ccccc2OC)nc2sccn12. The topological polar surface area (TPSA) is 47.8 Å². The van der Waals surface area contributed by atoms with E-state index in [1.54, 1.807) is 18.4 Å². The Morgan fingerprint density at radius 2 is 2.10 bits per heavy atom. The normalized spacial score (nSPS) is 10.9. The number of imidazole rings is 1. The van der Waals surface area contributed by atoms with E-state index in [0.29, 0.717) is 23.9 Å². The lowest BCUT2D eigenvalue weighted by Gasteiger charge is -2.09. The maximum absolute atomic E-state index is 5.94. The molecule has 3 rings (SSSR count). The van der Waals surface area contributed by atoms with Crippen LogP contribution in [0.5, 0.6) is 17.4 Å². The second kappa shape index (κ2) is 5.52. The number of hydrogen-bond acceptors (Lipinski definition) is 5. The van der Waals surface area contributed by atoms with Crippen LogP contribution in [0.3, 0.4) is 0 Å². The molecule has 20 heavy (non-hydrogen) atoms.